The lowest BCUT2D eigenvalue weighted by atomic mass is 10.3. The van der Waals surface area contributed by atoms with Gasteiger partial charge in [0.25, 0.3) is 0 Å². The molecular formula is C12H12Cl2N2O3S. The Balaban J connectivity index is 2.18. The molecule has 1 aliphatic rings. The molecule has 5 nitrogen and oxygen atoms in total. The average Bonchev–Trinajstić information content (AvgIpc) is 2.76. The summed E-state index contributed by atoms with van der Waals surface area (Å²) in [6, 6.07) is 3.35. The van der Waals surface area contributed by atoms with Gasteiger partial charge in [-0.2, -0.15) is 0 Å². The number of urea groups is 1. The number of carbonyl (C=O) groups excluding carboxylic acids is 1. The number of carboxylic acid groups (broad SMARTS) is 1. The van der Waals surface area contributed by atoms with Gasteiger partial charge in [-0.15, -0.1) is 11.8 Å². The highest BCUT2D eigenvalue weighted by molar-refractivity contribution is 8.00. The molecule has 1 aliphatic heterocycles. The van der Waals surface area contributed by atoms with Gasteiger partial charge in [-0.1, -0.05) is 23.2 Å². The van der Waals surface area contributed by atoms with Crippen LogP contribution in [-0.4, -0.2) is 39.2 Å². The molecule has 0 saturated carbocycles. The van der Waals surface area contributed by atoms with Gasteiger partial charge in [0.1, 0.15) is 6.04 Å². The van der Waals surface area contributed by atoms with E-state index in [2.05, 4.69) is 5.32 Å². The number of carboxylic acids is 1. The van der Waals surface area contributed by atoms with E-state index in [1.54, 1.807) is 19.1 Å². The first-order chi connectivity index (χ1) is 9.40. The normalized spacial score (nSPS) is 21.9. The van der Waals surface area contributed by atoms with Gasteiger partial charge in [0, 0.05) is 10.8 Å². The molecule has 1 saturated heterocycles. The van der Waals surface area contributed by atoms with E-state index in [4.69, 9.17) is 28.3 Å². The maximum atomic E-state index is 12.2. The van der Waals surface area contributed by atoms with Crippen LogP contribution >= 0.6 is 35.0 Å². The Morgan fingerprint density at radius 2 is 2.15 bits per heavy atom. The molecule has 2 rings (SSSR count). The number of nitrogens with zero attached hydrogens (tertiary/aromatic N) is 1. The van der Waals surface area contributed by atoms with Crippen LogP contribution in [0.5, 0.6) is 0 Å². The fraction of sp³-hybridized carbons (Fsp3) is 0.333. The molecule has 2 N–H and O–H groups in total. The van der Waals surface area contributed by atoms with E-state index in [-0.39, 0.29) is 5.37 Å². The van der Waals surface area contributed by atoms with Gasteiger partial charge in [-0.3, -0.25) is 4.90 Å². The maximum absolute atomic E-state index is 12.2. The van der Waals surface area contributed by atoms with Crippen molar-refractivity contribution in [1.82, 2.24) is 4.90 Å². The summed E-state index contributed by atoms with van der Waals surface area (Å²) < 4.78 is 0. The van der Waals surface area contributed by atoms with E-state index in [1.165, 1.54) is 22.7 Å². The number of benzene rings is 1. The number of halogens is 2. The van der Waals surface area contributed by atoms with Crippen LogP contribution in [0.4, 0.5) is 10.5 Å². The minimum atomic E-state index is -1.02. The van der Waals surface area contributed by atoms with Crippen LogP contribution < -0.4 is 5.32 Å². The molecule has 0 aromatic heterocycles. The van der Waals surface area contributed by atoms with E-state index in [0.717, 1.165) is 0 Å². The third-order valence-corrected chi connectivity index (χ3v) is 4.69. The monoisotopic (exact) mass is 334 g/mol. The molecule has 1 aromatic rings. The van der Waals surface area contributed by atoms with Crippen molar-refractivity contribution >= 4 is 52.7 Å². The zero-order chi connectivity index (χ0) is 14.9. The van der Waals surface area contributed by atoms with Gasteiger partial charge in [-0.25, -0.2) is 9.59 Å². The van der Waals surface area contributed by atoms with Crippen molar-refractivity contribution < 1.29 is 14.7 Å². The summed E-state index contributed by atoms with van der Waals surface area (Å²) in [6.07, 6.45) is 0. The van der Waals surface area contributed by atoms with Gasteiger partial charge in [0.15, 0.2) is 0 Å². The lowest BCUT2D eigenvalue weighted by Crippen LogP contribution is -2.46. The van der Waals surface area contributed by atoms with E-state index >= 15 is 0 Å². The van der Waals surface area contributed by atoms with Crippen molar-refractivity contribution in [2.75, 3.05) is 11.1 Å². The van der Waals surface area contributed by atoms with Crippen molar-refractivity contribution in [3.63, 3.8) is 0 Å². The Morgan fingerprint density at radius 1 is 1.45 bits per heavy atom. The second-order valence-corrected chi connectivity index (χ2v) is 6.44. The standard InChI is InChI=1S/C12H12Cl2N2O3S/c1-6-16(10(5-20-6)11(17)18)12(19)15-9-4-7(13)2-3-8(9)14/h2-4,6,10H,5H2,1H3,(H,15,19)(H,17,18). The number of aliphatic carboxylic acids is 1. The number of nitrogens with one attached hydrogen (secondary N) is 1. The topological polar surface area (TPSA) is 69.6 Å². The average molecular weight is 335 g/mol. The van der Waals surface area contributed by atoms with Gasteiger partial charge in [-0.05, 0) is 25.1 Å². The first-order valence-corrected chi connectivity index (χ1v) is 7.59. The van der Waals surface area contributed by atoms with Gasteiger partial charge in [0.05, 0.1) is 16.1 Å². The molecule has 1 aromatic carbocycles. The number of thioether (sulfide) groups is 1. The second-order valence-electron chi connectivity index (χ2n) is 4.25. The molecule has 108 valence electrons. The molecule has 20 heavy (non-hydrogen) atoms. The van der Waals surface area contributed by atoms with E-state index < -0.39 is 18.0 Å². The van der Waals surface area contributed by atoms with Crippen LogP contribution in [0.3, 0.4) is 0 Å². The molecular weight excluding hydrogens is 323 g/mol. The lowest BCUT2D eigenvalue weighted by molar-refractivity contribution is -0.141. The fourth-order valence-electron chi connectivity index (χ4n) is 1.91. The Hall–Kier alpha value is -1.11. The molecule has 0 radical (unpaired) electrons. The summed E-state index contributed by atoms with van der Waals surface area (Å²) in [5, 5.41) is 12.3. The molecule has 0 bridgehead atoms. The van der Waals surface area contributed by atoms with Crippen LogP contribution in [0.25, 0.3) is 0 Å². The Bertz CT molecular complexity index is 556. The highest BCUT2D eigenvalue weighted by Crippen LogP contribution is 2.31. The number of hydrogen-bond donors (Lipinski definition) is 2. The highest BCUT2D eigenvalue weighted by Gasteiger charge is 2.39. The van der Waals surface area contributed by atoms with E-state index in [0.29, 0.717) is 21.5 Å². The zero-order valence-electron chi connectivity index (χ0n) is 10.5. The molecule has 0 spiro atoms. The van der Waals surface area contributed by atoms with Crippen molar-refractivity contribution in [2.45, 2.75) is 18.3 Å². The quantitative estimate of drug-likeness (QED) is 0.869. The number of carbonyl (C=O) groups is 2. The maximum Gasteiger partial charge on any atom is 0.327 e. The molecule has 2 atom stereocenters. The number of rotatable bonds is 2. The third-order valence-electron chi connectivity index (χ3n) is 2.91. The zero-order valence-corrected chi connectivity index (χ0v) is 12.8. The summed E-state index contributed by atoms with van der Waals surface area (Å²) in [4.78, 5) is 24.7. The van der Waals surface area contributed by atoms with Gasteiger partial charge in [0.2, 0.25) is 0 Å². The SMILES string of the molecule is CC1SCC(C(=O)O)N1C(=O)Nc1cc(Cl)ccc1Cl. The van der Waals surface area contributed by atoms with E-state index in [9.17, 15) is 9.59 Å². The molecule has 2 amide bonds. The molecule has 1 heterocycles. The molecule has 0 aliphatic carbocycles. The van der Waals surface area contributed by atoms with Gasteiger partial charge >= 0.3 is 12.0 Å². The number of anilines is 1. The molecule has 1 fully saturated rings. The van der Waals surface area contributed by atoms with Crippen molar-refractivity contribution in [3.05, 3.63) is 28.2 Å². The predicted octanol–water partition coefficient (Wildman–Crippen LogP) is 3.37. The first kappa shape index (κ1) is 15.3. The van der Waals surface area contributed by atoms with Crippen LogP contribution in [0.2, 0.25) is 10.0 Å². The van der Waals surface area contributed by atoms with Crippen molar-refractivity contribution in [3.8, 4) is 0 Å². The Morgan fingerprint density at radius 3 is 2.80 bits per heavy atom. The minimum Gasteiger partial charge on any atom is -0.480 e. The van der Waals surface area contributed by atoms with Gasteiger partial charge < -0.3 is 10.4 Å². The number of hydrogen-bond acceptors (Lipinski definition) is 3. The Labute approximate surface area is 130 Å². The van der Waals surface area contributed by atoms with Crippen LogP contribution in [0.1, 0.15) is 6.92 Å². The van der Waals surface area contributed by atoms with Crippen LogP contribution in [-0.2, 0) is 4.79 Å². The summed E-state index contributed by atoms with van der Waals surface area (Å²) in [5.74, 6) is -0.651. The number of amides is 2. The first-order valence-electron chi connectivity index (χ1n) is 5.79. The second kappa shape index (κ2) is 6.11. The largest absolute Gasteiger partial charge is 0.480 e. The third kappa shape index (κ3) is 3.13. The fourth-order valence-corrected chi connectivity index (χ4v) is 3.42. The lowest BCUT2D eigenvalue weighted by Gasteiger charge is -2.25. The van der Waals surface area contributed by atoms with E-state index in [1.807, 2.05) is 0 Å². The molecule has 2 unspecified atom stereocenters. The summed E-state index contributed by atoms with van der Waals surface area (Å²) in [7, 11) is 0. The minimum absolute atomic E-state index is 0.214. The summed E-state index contributed by atoms with van der Waals surface area (Å²) in [6.45, 7) is 1.78. The summed E-state index contributed by atoms with van der Waals surface area (Å²) >= 11 is 13.2. The Kier molecular flexibility index (Phi) is 4.67. The van der Waals surface area contributed by atoms with Crippen molar-refractivity contribution in [2.24, 2.45) is 0 Å². The summed E-state index contributed by atoms with van der Waals surface area (Å²) in [5.41, 5.74) is 0.359. The van der Waals surface area contributed by atoms with Crippen LogP contribution in [0, 0.1) is 0 Å². The van der Waals surface area contributed by atoms with Crippen LogP contribution in [0.15, 0.2) is 18.2 Å². The molecule has 8 heteroatoms. The predicted molar refractivity (Wildman–Crippen MR) is 80.7 cm³/mol. The van der Waals surface area contributed by atoms with Crippen molar-refractivity contribution in [1.29, 1.82) is 0 Å². The smallest absolute Gasteiger partial charge is 0.327 e. The highest BCUT2D eigenvalue weighted by atomic mass is 35.5.